The third kappa shape index (κ3) is 1.91. The summed E-state index contributed by atoms with van der Waals surface area (Å²) < 4.78 is 4.90. The first-order valence-corrected chi connectivity index (χ1v) is 4.59. The second-order valence-corrected chi connectivity index (χ2v) is 3.24. The van der Waals surface area contributed by atoms with Gasteiger partial charge in [0.1, 0.15) is 5.92 Å². The number of carboxylic acids is 1. The molecule has 0 aliphatic rings. The third-order valence-electron chi connectivity index (χ3n) is 2.26. The molecule has 1 N–H and O–H groups in total. The van der Waals surface area contributed by atoms with Crippen LogP contribution in [-0.2, 0) is 4.79 Å². The normalized spacial score (nSPS) is 12.3. The first-order valence-electron chi connectivity index (χ1n) is 4.59. The molecule has 76 valence electrons. The maximum atomic E-state index is 11.2. The van der Waals surface area contributed by atoms with Gasteiger partial charge in [-0.05, 0) is 11.6 Å². The monoisotopic (exact) mass is 202 g/mol. The summed E-state index contributed by atoms with van der Waals surface area (Å²) in [7, 11) is 0. The Hall–Kier alpha value is -2.03. The summed E-state index contributed by atoms with van der Waals surface area (Å²) in [6.07, 6.45) is 2.94. The summed E-state index contributed by atoms with van der Waals surface area (Å²) in [4.78, 5) is 11.2. The number of aliphatic carboxylic acids is 1. The van der Waals surface area contributed by atoms with Crippen LogP contribution in [0.5, 0.6) is 0 Å². The maximum absolute atomic E-state index is 11.2. The number of hydrogen-bond acceptors (Lipinski definition) is 2. The van der Waals surface area contributed by atoms with Crippen LogP contribution in [0, 0.1) is 0 Å². The minimum absolute atomic E-state index is 0.648. The van der Waals surface area contributed by atoms with Crippen LogP contribution in [0.3, 0.4) is 0 Å². The second kappa shape index (κ2) is 4.00. The van der Waals surface area contributed by atoms with Gasteiger partial charge in [0, 0.05) is 5.56 Å². The van der Waals surface area contributed by atoms with E-state index in [1.54, 1.807) is 18.2 Å². The summed E-state index contributed by atoms with van der Waals surface area (Å²) in [5.74, 6) is -1.52. The van der Waals surface area contributed by atoms with Crippen LogP contribution in [0.15, 0.2) is 53.3 Å². The van der Waals surface area contributed by atoms with Gasteiger partial charge in [0.05, 0.1) is 12.5 Å². The van der Waals surface area contributed by atoms with E-state index in [0.29, 0.717) is 5.56 Å². The zero-order chi connectivity index (χ0) is 10.7. The molecule has 0 fully saturated rings. The molecular formula is C12H10O3. The summed E-state index contributed by atoms with van der Waals surface area (Å²) in [5, 5.41) is 9.16. The molecule has 0 spiro atoms. The smallest absolute Gasteiger partial charge is 0.315 e. The fourth-order valence-electron chi connectivity index (χ4n) is 1.56. The molecule has 0 aliphatic heterocycles. The van der Waals surface area contributed by atoms with Crippen molar-refractivity contribution >= 4 is 5.97 Å². The Kier molecular flexibility index (Phi) is 2.54. The predicted molar refractivity (Wildman–Crippen MR) is 54.6 cm³/mol. The molecule has 0 saturated heterocycles. The highest BCUT2D eigenvalue weighted by atomic mass is 16.4. The lowest BCUT2D eigenvalue weighted by molar-refractivity contribution is -0.137. The summed E-state index contributed by atoms with van der Waals surface area (Å²) in [6.45, 7) is 0. The molecule has 15 heavy (non-hydrogen) atoms. The van der Waals surface area contributed by atoms with Crippen LogP contribution in [0.4, 0.5) is 0 Å². The molecule has 1 unspecified atom stereocenters. The molecule has 3 nitrogen and oxygen atoms in total. The van der Waals surface area contributed by atoms with Crippen LogP contribution in [0.2, 0.25) is 0 Å². The highest BCUT2D eigenvalue weighted by molar-refractivity contribution is 5.80. The quantitative estimate of drug-likeness (QED) is 0.831. The Labute approximate surface area is 87.0 Å². The van der Waals surface area contributed by atoms with Crippen LogP contribution in [-0.4, -0.2) is 11.1 Å². The van der Waals surface area contributed by atoms with Crippen molar-refractivity contribution in [2.75, 3.05) is 0 Å². The van der Waals surface area contributed by atoms with Gasteiger partial charge in [0.25, 0.3) is 0 Å². The summed E-state index contributed by atoms with van der Waals surface area (Å²) >= 11 is 0. The number of hydrogen-bond donors (Lipinski definition) is 1. The molecule has 1 aromatic heterocycles. The molecule has 3 heteroatoms. The largest absolute Gasteiger partial charge is 0.481 e. The molecular weight excluding hydrogens is 192 g/mol. The van der Waals surface area contributed by atoms with E-state index < -0.39 is 11.9 Å². The van der Waals surface area contributed by atoms with Gasteiger partial charge in [-0.2, -0.15) is 0 Å². The molecule has 2 aromatic rings. The van der Waals surface area contributed by atoms with E-state index in [4.69, 9.17) is 9.52 Å². The van der Waals surface area contributed by atoms with Crippen molar-refractivity contribution in [2.45, 2.75) is 5.92 Å². The first kappa shape index (κ1) is 9.52. The Morgan fingerprint density at radius 1 is 1.13 bits per heavy atom. The van der Waals surface area contributed by atoms with Crippen LogP contribution >= 0.6 is 0 Å². The average molecular weight is 202 g/mol. The highest BCUT2D eigenvalue weighted by Gasteiger charge is 2.22. The fraction of sp³-hybridized carbons (Fsp3) is 0.0833. The van der Waals surface area contributed by atoms with Crippen LogP contribution in [0.25, 0.3) is 0 Å². The molecule has 1 atom stereocenters. The zero-order valence-corrected chi connectivity index (χ0v) is 7.96. The van der Waals surface area contributed by atoms with Crippen molar-refractivity contribution in [2.24, 2.45) is 0 Å². The Morgan fingerprint density at radius 3 is 2.40 bits per heavy atom. The van der Waals surface area contributed by atoms with E-state index >= 15 is 0 Å². The van der Waals surface area contributed by atoms with Crippen molar-refractivity contribution in [1.82, 2.24) is 0 Å². The minimum atomic E-state index is -0.873. The van der Waals surface area contributed by atoms with Crippen molar-refractivity contribution in [3.8, 4) is 0 Å². The van der Waals surface area contributed by atoms with E-state index in [0.717, 1.165) is 5.56 Å². The number of carbonyl (C=O) groups is 1. The van der Waals surface area contributed by atoms with Crippen molar-refractivity contribution in [3.05, 3.63) is 60.1 Å². The van der Waals surface area contributed by atoms with E-state index in [1.165, 1.54) is 12.5 Å². The first-order chi connectivity index (χ1) is 7.29. The number of carboxylic acid groups (broad SMARTS) is 1. The van der Waals surface area contributed by atoms with E-state index in [9.17, 15) is 4.79 Å². The van der Waals surface area contributed by atoms with Crippen LogP contribution < -0.4 is 0 Å². The topological polar surface area (TPSA) is 50.4 Å². The van der Waals surface area contributed by atoms with Crippen molar-refractivity contribution in [3.63, 3.8) is 0 Å². The van der Waals surface area contributed by atoms with Gasteiger partial charge in [0.2, 0.25) is 0 Å². The molecule has 2 rings (SSSR count). The van der Waals surface area contributed by atoms with E-state index in [-0.39, 0.29) is 0 Å². The average Bonchev–Trinajstić information content (AvgIpc) is 2.72. The molecule has 1 heterocycles. The van der Waals surface area contributed by atoms with Gasteiger partial charge in [0.15, 0.2) is 0 Å². The lowest BCUT2D eigenvalue weighted by Crippen LogP contribution is -2.12. The zero-order valence-electron chi connectivity index (χ0n) is 7.96. The van der Waals surface area contributed by atoms with Crippen molar-refractivity contribution in [1.29, 1.82) is 0 Å². The SMILES string of the molecule is O=C(O)C(c1ccccc1)c1ccoc1. The number of rotatable bonds is 3. The fourth-order valence-corrected chi connectivity index (χ4v) is 1.56. The van der Waals surface area contributed by atoms with Gasteiger partial charge < -0.3 is 9.52 Å². The molecule has 0 saturated carbocycles. The van der Waals surface area contributed by atoms with E-state index in [2.05, 4.69) is 0 Å². The summed E-state index contributed by atoms with van der Waals surface area (Å²) in [5.41, 5.74) is 1.42. The Bertz CT molecular complexity index is 431. The number of furan rings is 1. The predicted octanol–water partition coefficient (Wildman–Crippen LogP) is 2.50. The third-order valence-corrected chi connectivity index (χ3v) is 2.26. The number of benzene rings is 1. The van der Waals surface area contributed by atoms with Gasteiger partial charge in [-0.25, -0.2) is 0 Å². The van der Waals surface area contributed by atoms with Crippen molar-refractivity contribution < 1.29 is 14.3 Å². The maximum Gasteiger partial charge on any atom is 0.315 e. The van der Waals surface area contributed by atoms with Gasteiger partial charge in [-0.3, -0.25) is 4.79 Å². The Morgan fingerprint density at radius 2 is 1.87 bits per heavy atom. The molecule has 0 aliphatic carbocycles. The molecule has 0 amide bonds. The molecule has 1 aromatic carbocycles. The molecule has 0 radical (unpaired) electrons. The Balaban J connectivity index is 2.42. The van der Waals surface area contributed by atoms with Gasteiger partial charge >= 0.3 is 5.97 Å². The standard InChI is InChI=1S/C12H10O3/c13-12(14)11(10-6-7-15-8-10)9-4-2-1-3-5-9/h1-8,11H,(H,13,14). The second-order valence-electron chi connectivity index (χ2n) is 3.24. The minimum Gasteiger partial charge on any atom is -0.481 e. The lowest BCUT2D eigenvalue weighted by Gasteiger charge is -2.09. The van der Waals surface area contributed by atoms with Gasteiger partial charge in [-0.15, -0.1) is 0 Å². The van der Waals surface area contributed by atoms with E-state index in [1.807, 2.05) is 18.2 Å². The molecule has 0 bridgehead atoms. The van der Waals surface area contributed by atoms with Gasteiger partial charge in [-0.1, -0.05) is 30.3 Å². The lowest BCUT2D eigenvalue weighted by atomic mass is 9.94. The highest BCUT2D eigenvalue weighted by Crippen LogP contribution is 2.24. The summed E-state index contributed by atoms with van der Waals surface area (Å²) in [6, 6.07) is 10.8. The van der Waals surface area contributed by atoms with Crippen LogP contribution in [0.1, 0.15) is 17.0 Å².